The molecule has 0 unspecified atom stereocenters. The van der Waals surface area contributed by atoms with E-state index in [-0.39, 0.29) is 5.91 Å². The molecule has 5 nitrogen and oxygen atoms in total. The van der Waals surface area contributed by atoms with Gasteiger partial charge in [-0.25, -0.2) is 0 Å². The lowest BCUT2D eigenvalue weighted by molar-refractivity contribution is -0.115. The maximum absolute atomic E-state index is 11.8. The van der Waals surface area contributed by atoms with Crippen LogP contribution in [-0.2, 0) is 4.79 Å². The van der Waals surface area contributed by atoms with Crippen molar-refractivity contribution in [1.29, 1.82) is 0 Å². The van der Waals surface area contributed by atoms with Crippen LogP contribution in [0.2, 0.25) is 0 Å². The van der Waals surface area contributed by atoms with Gasteiger partial charge < -0.3 is 14.8 Å². The Morgan fingerprint density at radius 2 is 1.20 bits per heavy atom. The Labute approximate surface area is 274 Å². The number of carbonyl (C=O) groups is 2. The summed E-state index contributed by atoms with van der Waals surface area (Å²) in [4.78, 5) is 23.3. The Morgan fingerprint density at radius 1 is 0.700 bits per heavy atom. The number of hydrogen-bond acceptors (Lipinski definition) is 6. The second kappa shape index (κ2) is 14.6. The van der Waals surface area contributed by atoms with E-state index in [4.69, 9.17) is 21.7 Å². The number of rotatable bonds is 6. The first kappa shape index (κ1) is 30.7. The fraction of sp³-hybridized carbons (Fsp3) is 0. The van der Waals surface area contributed by atoms with Crippen molar-refractivity contribution < 1.29 is 19.1 Å². The molecule has 5 rings (SSSR count). The monoisotopic (exact) mass is 823 g/mol. The molecule has 0 aliphatic carbocycles. The Hall–Kier alpha value is -2.28. The van der Waals surface area contributed by atoms with Crippen LogP contribution in [0.25, 0.3) is 6.08 Å². The van der Waals surface area contributed by atoms with Crippen molar-refractivity contribution in [2.24, 2.45) is 0 Å². The first-order valence-corrected chi connectivity index (χ1v) is 15.8. The molecule has 0 bridgehead atoms. The van der Waals surface area contributed by atoms with Crippen LogP contribution in [0, 0.1) is 0 Å². The Bertz CT molecular complexity index is 1630. The highest BCUT2D eigenvalue weighted by Gasteiger charge is 2.22. The molecule has 1 heterocycles. The largest absolute Gasteiger partial charge is 0.456 e. The van der Waals surface area contributed by atoms with E-state index in [9.17, 15) is 9.59 Å². The first-order chi connectivity index (χ1) is 19.2. The summed E-state index contributed by atoms with van der Waals surface area (Å²) in [6.07, 6.45) is 2.55. The molecular weight excluding hydrogens is 810 g/mol. The third kappa shape index (κ3) is 8.37. The van der Waals surface area contributed by atoms with Crippen LogP contribution in [0.3, 0.4) is 0 Å². The molecule has 0 radical (unpaired) electrons. The summed E-state index contributed by atoms with van der Waals surface area (Å²) in [5.41, 5.74) is 1.30. The summed E-state index contributed by atoms with van der Waals surface area (Å²) < 4.78 is 15.6. The number of ether oxygens (including phenoxy) is 2. The second-order valence-corrected chi connectivity index (χ2v) is 13.2. The van der Waals surface area contributed by atoms with E-state index >= 15 is 0 Å². The van der Waals surface area contributed by atoms with E-state index in [0.29, 0.717) is 37.8 Å². The average molecular weight is 827 g/mol. The van der Waals surface area contributed by atoms with E-state index in [0.717, 1.165) is 29.7 Å². The van der Waals surface area contributed by atoms with Crippen LogP contribution < -0.4 is 14.8 Å². The fourth-order valence-electron chi connectivity index (χ4n) is 3.28. The van der Waals surface area contributed by atoms with Gasteiger partial charge in [0.05, 0.1) is 19.4 Å². The lowest BCUT2D eigenvalue weighted by atomic mass is 10.2. The van der Waals surface area contributed by atoms with Crippen LogP contribution in [-0.4, -0.2) is 16.5 Å². The van der Waals surface area contributed by atoms with Crippen LogP contribution >= 0.6 is 87.7 Å². The maximum Gasteiger partial charge on any atom is 0.263 e. The third-order valence-electron chi connectivity index (χ3n) is 5.11. The SMILES string of the molecule is O=C1NC(=S)S/C1=C/c1cc(Br)ccc1Oc1ccccc1Br.O=Cc1cc(Br)ccc1Oc1ccccc1Br. The minimum absolute atomic E-state index is 0.188. The number of amides is 1. The Kier molecular flexibility index (Phi) is 11.2. The smallest absolute Gasteiger partial charge is 0.263 e. The molecule has 202 valence electrons. The molecule has 0 saturated carbocycles. The van der Waals surface area contributed by atoms with E-state index < -0.39 is 0 Å². The van der Waals surface area contributed by atoms with Crippen LogP contribution in [0.15, 0.2) is 108 Å². The quantitative estimate of drug-likeness (QED) is 0.119. The van der Waals surface area contributed by atoms with Crippen molar-refractivity contribution >= 4 is 110 Å². The molecule has 4 aromatic carbocycles. The lowest BCUT2D eigenvalue weighted by Crippen LogP contribution is -2.17. The molecule has 0 atom stereocenters. The van der Waals surface area contributed by atoms with Crippen molar-refractivity contribution in [1.82, 2.24) is 5.32 Å². The number of para-hydroxylation sites is 2. The number of halogens is 4. The molecule has 0 spiro atoms. The highest BCUT2D eigenvalue weighted by atomic mass is 79.9. The maximum atomic E-state index is 11.8. The standard InChI is InChI=1S/C16H9Br2NO2S2.C13H8Br2O2/c17-10-5-6-12(21-13-4-2-1-3-11(13)18)9(7-10)8-14-15(20)19-16(22)23-14;14-10-5-6-12(9(7-10)8-16)17-13-4-2-1-3-11(13)15/h1-8H,(H,19,20,22);1-8H/b14-8+;. The molecule has 0 aromatic heterocycles. The van der Waals surface area contributed by atoms with Crippen molar-refractivity contribution in [2.75, 3.05) is 0 Å². The first-order valence-electron chi connectivity index (χ1n) is 11.4. The van der Waals surface area contributed by atoms with Gasteiger partial charge >= 0.3 is 0 Å². The third-order valence-corrected chi connectivity index (χ3v) is 8.57. The van der Waals surface area contributed by atoms with Gasteiger partial charge in [-0.2, -0.15) is 0 Å². The van der Waals surface area contributed by atoms with Gasteiger partial charge in [0.25, 0.3) is 5.91 Å². The number of aldehydes is 1. The van der Waals surface area contributed by atoms with Crippen LogP contribution in [0.1, 0.15) is 15.9 Å². The molecule has 4 aromatic rings. The van der Waals surface area contributed by atoms with Crippen molar-refractivity contribution in [3.63, 3.8) is 0 Å². The number of thioether (sulfide) groups is 1. The van der Waals surface area contributed by atoms with Crippen molar-refractivity contribution in [3.05, 3.63) is 119 Å². The van der Waals surface area contributed by atoms with E-state index in [1.54, 1.807) is 18.2 Å². The zero-order chi connectivity index (χ0) is 28.6. The molecule has 1 aliphatic heterocycles. The normalized spacial score (nSPS) is 13.3. The lowest BCUT2D eigenvalue weighted by Gasteiger charge is -2.11. The Balaban J connectivity index is 0.000000194. The van der Waals surface area contributed by atoms with Gasteiger partial charge in [0.2, 0.25) is 0 Å². The highest BCUT2D eigenvalue weighted by Crippen LogP contribution is 2.36. The number of thiocarbonyl (C=S) groups is 1. The fourth-order valence-corrected chi connectivity index (χ4v) is 5.81. The summed E-state index contributed by atoms with van der Waals surface area (Å²) in [6, 6.07) is 26.0. The van der Waals surface area contributed by atoms with E-state index in [1.807, 2.05) is 72.8 Å². The average Bonchev–Trinajstić information content (AvgIpc) is 3.25. The van der Waals surface area contributed by atoms with Crippen LogP contribution in [0.4, 0.5) is 0 Å². The summed E-state index contributed by atoms with van der Waals surface area (Å²) in [6.45, 7) is 0. The number of carbonyl (C=O) groups excluding carboxylic acids is 2. The van der Waals surface area contributed by atoms with Gasteiger partial charge in [-0.1, -0.05) is 80.1 Å². The summed E-state index contributed by atoms with van der Waals surface area (Å²) in [7, 11) is 0. The molecular formula is C29H17Br4NO4S2. The molecule has 40 heavy (non-hydrogen) atoms. The van der Waals surface area contributed by atoms with Gasteiger partial charge in [-0.05, 0) is 98.6 Å². The molecule has 1 amide bonds. The molecule has 1 saturated heterocycles. The number of benzene rings is 4. The summed E-state index contributed by atoms with van der Waals surface area (Å²) in [5, 5.41) is 2.61. The zero-order valence-corrected chi connectivity index (χ0v) is 28.2. The minimum atomic E-state index is -0.188. The highest BCUT2D eigenvalue weighted by molar-refractivity contribution is 9.11. The topological polar surface area (TPSA) is 64.6 Å². The predicted molar refractivity (Wildman–Crippen MR) is 178 cm³/mol. The second-order valence-electron chi connectivity index (χ2n) is 7.90. The van der Waals surface area contributed by atoms with E-state index in [1.165, 1.54) is 11.8 Å². The number of hydrogen-bond donors (Lipinski definition) is 1. The van der Waals surface area contributed by atoms with Gasteiger partial charge in [0.1, 0.15) is 27.3 Å². The van der Waals surface area contributed by atoms with Gasteiger partial charge in [-0.3, -0.25) is 9.59 Å². The van der Waals surface area contributed by atoms with Gasteiger partial charge in [0.15, 0.2) is 6.29 Å². The molecule has 1 N–H and O–H groups in total. The molecule has 11 heteroatoms. The van der Waals surface area contributed by atoms with Crippen molar-refractivity contribution in [2.45, 2.75) is 0 Å². The van der Waals surface area contributed by atoms with Crippen LogP contribution in [0.5, 0.6) is 23.0 Å². The van der Waals surface area contributed by atoms with Gasteiger partial charge in [-0.15, -0.1) is 0 Å². The van der Waals surface area contributed by atoms with E-state index in [2.05, 4.69) is 69.0 Å². The van der Waals surface area contributed by atoms with Gasteiger partial charge in [0, 0.05) is 14.5 Å². The molecule has 1 fully saturated rings. The zero-order valence-electron chi connectivity index (χ0n) is 20.2. The Morgan fingerprint density at radius 3 is 1.68 bits per heavy atom. The summed E-state index contributed by atoms with van der Waals surface area (Å²) >= 11 is 19.9. The number of nitrogens with one attached hydrogen (secondary N) is 1. The summed E-state index contributed by atoms with van der Waals surface area (Å²) in [5.74, 6) is 2.38. The van der Waals surface area contributed by atoms with Crippen molar-refractivity contribution in [3.8, 4) is 23.0 Å². The minimum Gasteiger partial charge on any atom is -0.456 e. The molecule has 1 aliphatic rings. The predicted octanol–water partition coefficient (Wildman–Crippen LogP) is 10.3.